The van der Waals surface area contributed by atoms with Crippen LogP contribution >= 0.6 is 0 Å². The van der Waals surface area contributed by atoms with Crippen LogP contribution in [0.4, 0.5) is 0 Å². The zero-order valence-corrected chi connectivity index (χ0v) is 18.7. The van der Waals surface area contributed by atoms with Gasteiger partial charge in [0, 0.05) is 30.0 Å². The van der Waals surface area contributed by atoms with Crippen molar-refractivity contribution in [3.63, 3.8) is 0 Å². The summed E-state index contributed by atoms with van der Waals surface area (Å²) in [6.07, 6.45) is 6.00. The molecule has 5 rings (SSSR count). The quantitative estimate of drug-likeness (QED) is 0.507. The van der Waals surface area contributed by atoms with Gasteiger partial charge in [0.2, 0.25) is 0 Å². The summed E-state index contributed by atoms with van der Waals surface area (Å²) in [5, 5.41) is 0. The summed E-state index contributed by atoms with van der Waals surface area (Å²) in [4.78, 5) is 15.2. The van der Waals surface area contributed by atoms with Crippen molar-refractivity contribution in [3.8, 4) is 16.9 Å². The molecule has 31 heavy (non-hydrogen) atoms. The number of rotatable bonds is 3. The van der Waals surface area contributed by atoms with Crippen LogP contribution in [0.5, 0.6) is 0 Å². The number of aromatic nitrogens is 1. The fourth-order valence-corrected chi connectivity index (χ4v) is 5.58. The van der Waals surface area contributed by atoms with E-state index >= 15 is 0 Å². The van der Waals surface area contributed by atoms with Crippen LogP contribution < -0.4 is 0 Å². The molecular formula is C28H32N2O. The average molecular weight is 413 g/mol. The predicted molar refractivity (Wildman–Crippen MR) is 127 cm³/mol. The van der Waals surface area contributed by atoms with Crippen LogP contribution in [0.15, 0.2) is 60.7 Å². The molecule has 2 heterocycles. The van der Waals surface area contributed by atoms with Crippen LogP contribution in [0, 0.1) is 11.8 Å². The Morgan fingerprint density at radius 2 is 1.55 bits per heavy atom. The smallest absolute Gasteiger partial charge is 0.253 e. The number of amides is 1. The second kappa shape index (κ2) is 8.37. The molecule has 1 aromatic heterocycles. The van der Waals surface area contributed by atoms with Crippen molar-refractivity contribution < 1.29 is 4.79 Å². The highest BCUT2D eigenvalue weighted by molar-refractivity contribution is 5.94. The molecule has 2 aromatic carbocycles. The van der Waals surface area contributed by atoms with Crippen LogP contribution in [0.25, 0.3) is 16.9 Å². The molecule has 0 saturated carbocycles. The number of hydrogen-bond acceptors (Lipinski definition) is 1. The Kier molecular flexibility index (Phi) is 5.43. The number of benzene rings is 2. The molecule has 0 radical (unpaired) electrons. The van der Waals surface area contributed by atoms with Crippen molar-refractivity contribution in [1.29, 1.82) is 0 Å². The molecule has 160 valence electrons. The van der Waals surface area contributed by atoms with E-state index in [1.165, 1.54) is 41.8 Å². The largest absolute Gasteiger partial charge is 0.338 e. The van der Waals surface area contributed by atoms with Gasteiger partial charge in [-0.3, -0.25) is 4.79 Å². The monoisotopic (exact) mass is 412 g/mol. The maximum atomic E-state index is 13.1. The van der Waals surface area contributed by atoms with Crippen molar-refractivity contribution in [2.24, 2.45) is 11.8 Å². The molecule has 3 heteroatoms. The number of aryl methyl sites for hydroxylation is 1. The number of carbonyl (C=O) groups excluding carboxylic acids is 1. The number of hydrogen-bond donors (Lipinski definition) is 0. The zero-order chi connectivity index (χ0) is 21.4. The van der Waals surface area contributed by atoms with Crippen LogP contribution in [-0.4, -0.2) is 28.5 Å². The molecule has 1 amide bonds. The highest BCUT2D eigenvalue weighted by Gasteiger charge is 2.26. The van der Waals surface area contributed by atoms with E-state index in [9.17, 15) is 4.79 Å². The Morgan fingerprint density at radius 3 is 2.26 bits per heavy atom. The third-order valence-electron chi connectivity index (χ3n) is 6.90. The molecule has 3 nitrogen and oxygen atoms in total. The lowest BCUT2D eigenvalue weighted by Crippen LogP contribution is -2.42. The van der Waals surface area contributed by atoms with Gasteiger partial charge in [0.1, 0.15) is 0 Å². The first kappa shape index (κ1) is 20.1. The first-order valence-electron chi connectivity index (χ1n) is 11.8. The number of carbonyl (C=O) groups is 1. The molecule has 0 N–H and O–H groups in total. The normalized spacial score (nSPS) is 21.0. The molecule has 0 bridgehead atoms. The lowest BCUT2D eigenvalue weighted by atomic mass is 9.91. The van der Waals surface area contributed by atoms with Gasteiger partial charge < -0.3 is 9.47 Å². The third kappa shape index (κ3) is 3.94. The van der Waals surface area contributed by atoms with E-state index in [1.807, 2.05) is 17.0 Å². The molecule has 2 atom stereocenters. The van der Waals surface area contributed by atoms with E-state index in [2.05, 4.69) is 66.9 Å². The minimum absolute atomic E-state index is 0.169. The van der Waals surface area contributed by atoms with Crippen molar-refractivity contribution in [2.45, 2.75) is 46.0 Å². The lowest BCUT2D eigenvalue weighted by Gasteiger charge is -2.35. The Morgan fingerprint density at radius 1 is 0.871 bits per heavy atom. The van der Waals surface area contributed by atoms with Gasteiger partial charge in [0.05, 0.1) is 5.69 Å². The lowest BCUT2D eigenvalue weighted by molar-refractivity contribution is 0.0623. The summed E-state index contributed by atoms with van der Waals surface area (Å²) in [5.41, 5.74) is 7.36. The molecular weight excluding hydrogens is 380 g/mol. The molecule has 1 saturated heterocycles. The summed E-state index contributed by atoms with van der Waals surface area (Å²) in [6, 6.07) is 21.3. The summed E-state index contributed by atoms with van der Waals surface area (Å²) >= 11 is 0. The van der Waals surface area contributed by atoms with Crippen LogP contribution in [0.2, 0.25) is 0 Å². The van der Waals surface area contributed by atoms with Gasteiger partial charge in [-0.1, -0.05) is 44.2 Å². The zero-order valence-electron chi connectivity index (χ0n) is 18.7. The van der Waals surface area contributed by atoms with Crippen LogP contribution in [-0.2, 0) is 12.8 Å². The Bertz CT molecular complexity index is 1050. The second-order valence-electron chi connectivity index (χ2n) is 9.61. The molecule has 1 aliphatic heterocycles. The van der Waals surface area contributed by atoms with Gasteiger partial charge in [-0.15, -0.1) is 0 Å². The van der Waals surface area contributed by atoms with Crippen LogP contribution in [0.1, 0.15) is 54.7 Å². The standard InChI is InChI=1S/C28H32N2O/c1-20-16-21(2)19-29(18-20)28(31)23-12-14-25(15-13-23)30-26-11-7-6-10-24(26)17-27(30)22-8-4-3-5-9-22/h3-5,8-9,12-15,17,20-21H,6-7,10-11,16,18-19H2,1-2H3/t20-,21-/m0/s1. The first-order chi connectivity index (χ1) is 15.1. The number of fused-ring (bicyclic) bond motifs is 1. The summed E-state index contributed by atoms with van der Waals surface area (Å²) in [5.74, 6) is 1.32. The van der Waals surface area contributed by atoms with Gasteiger partial charge in [-0.2, -0.15) is 0 Å². The SMILES string of the molecule is C[C@H]1C[C@H](C)CN(C(=O)c2ccc(-n3c(-c4ccccc4)cc4c3CCCC4)cc2)C1. The number of piperidine rings is 1. The highest BCUT2D eigenvalue weighted by atomic mass is 16.2. The maximum Gasteiger partial charge on any atom is 0.253 e. The highest BCUT2D eigenvalue weighted by Crippen LogP contribution is 2.34. The van der Waals surface area contributed by atoms with E-state index in [-0.39, 0.29) is 5.91 Å². The summed E-state index contributed by atoms with van der Waals surface area (Å²) in [7, 11) is 0. The van der Waals surface area contributed by atoms with Gasteiger partial charge in [-0.25, -0.2) is 0 Å². The molecule has 1 fully saturated rings. The minimum atomic E-state index is 0.169. The number of nitrogens with zero attached hydrogens (tertiary/aromatic N) is 2. The molecule has 2 aliphatic rings. The Balaban J connectivity index is 1.49. The Labute approximate surface area is 185 Å². The van der Waals surface area contributed by atoms with E-state index in [4.69, 9.17) is 0 Å². The second-order valence-corrected chi connectivity index (χ2v) is 9.61. The van der Waals surface area contributed by atoms with Gasteiger partial charge in [0.25, 0.3) is 5.91 Å². The van der Waals surface area contributed by atoms with Gasteiger partial charge >= 0.3 is 0 Å². The average Bonchev–Trinajstić information content (AvgIpc) is 3.18. The molecule has 0 unspecified atom stereocenters. The molecule has 3 aromatic rings. The maximum absolute atomic E-state index is 13.1. The topological polar surface area (TPSA) is 25.2 Å². The predicted octanol–water partition coefficient (Wildman–Crippen LogP) is 6.14. The summed E-state index contributed by atoms with van der Waals surface area (Å²) in [6.45, 7) is 6.24. The van der Waals surface area contributed by atoms with E-state index in [1.54, 1.807) is 0 Å². The fraction of sp³-hybridized carbons (Fsp3) is 0.393. The van der Waals surface area contributed by atoms with Crippen LogP contribution in [0.3, 0.4) is 0 Å². The van der Waals surface area contributed by atoms with Crippen molar-refractivity contribution >= 4 is 5.91 Å². The van der Waals surface area contributed by atoms with Crippen molar-refractivity contribution in [3.05, 3.63) is 77.5 Å². The van der Waals surface area contributed by atoms with Gasteiger partial charge in [-0.05, 0) is 85.4 Å². The van der Waals surface area contributed by atoms with Gasteiger partial charge in [0.15, 0.2) is 0 Å². The van der Waals surface area contributed by atoms with Crippen molar-refractivity contribution in [2.75, 3.05) is 13.1 Å². The molecule has 0 spiro atoms. The third-order valence-corrected chi connectivity index (χ3v) is 6.90. The minimum Gasteiger partial charge on any atom is -0.338 e. The Hall–Kier alpha value is -2.81. The van der Waals surface area contributed by atoms with E-state index in [0.717, 1.165) is 37.2 Å². The molecule has 1 aliphatic carbocycles. The number of likely N-dealkylation sites (tertiary alicyclic amines) is 1. The van der Waals surface area contributed by atoms with E-state index < -0.39 is 0 Å². The van der Waals surface area contributed by atoms with Crippen molar-refractivity contribution in [1.82, 2.24) is 9.47 Å². The first-order valence-corrected chi connectivity index (χ1v) is 11.8. The fourth-order valence-electron chi connectivity index (χ4n) is 5.58. The van der Waals surface area contributed by atoms with E-state index in [0.29, 0.717) is 11.8 Å². The summed E-state index contributed by atoms with van der Waals surface area (Å²) < 4.78 is 2.42.